The number of aliphatic carboxylic acids is 1. The van der Waals surface area contributed by atoms with Crippen molar-refractivity contribution in [3.8, 4) is 0 Å². The number of hydrogen-bond donors (Lipinski definition) is 3. The lowest BCUT2D eigenvalue weighted by Crippen LogP contribution is -2.55. The molecule has 2 atom stereocenters. The number of para-hydroxylation sites is 1. The number of rotatable bonds is 5. The number of H-pyrrole nitrogens is 1. The molecule has 8 heteroatoms. The highest BCUT2D eigenvalue weighted by Gasteiger charge is 2.31. The SMILES string of the molecule is C[C@@H](c1c[nH]c2ccccc12)[C@@H](NC(=O)N1CCN(c2cccc(F)c2)CC1)C(=O)O. The summed E-state index contributed by atoms with van der Waals surface area (Å²) >= 11 is 0. The Morgan fingerprint density at radius 2 is 1.84 bits per heavy atom. The number of anilines is 1. The van der Waals surface area contributed by atoms with E-state index in [9.17, 15) is 19.1 Å². The summed E-state index contributed by atoms with van der Waals surface area (Å²) in [5, 5.41) is 13.4. The summed E-state index contributed by atoms with van der Waals surface area (Å²) in [4.78, 5) is 31.6. The fraction of sp³-hybridized carbons (Fsp3) is 0.304. The molecule has 3 N–H and O–H groups in total. The fourth-order valence-electron chi connectivity index (χ4n) is 4.12. The summed E-state index contributed by atoms with van der Waals surface area (Å²) in [7, 11) is 0. The van der Waals surface area contributed by atoms with Gasteiger partial charge in [0.1, 0.15) is 11.9 Å². The second-order valence-electron chi connectivity index (χ2n) is 7.80. The number of carboxylic acid groups (broad SMARTS) is 1. The molecule has 0 spiro atoms. The van der Waals surface area contributed by atoms with Gasteiger partial charge in [0.05, 0.1) is 0 Å². The molecule has 0 bridgehead atoms. The van der Waals surface area contributed by atoms with E-state index in [1.54, 1.807) is 24.1 Å². The molecule has 2 amide bonds. The van der Waals surface area contributed by atoms with E-state index in [0.717, 1.165) is 22.2 Å². The lowest BCUT2D eigenvalue weighted by molar-refractivity contribution is -0.139. The Kier molecular flexibility index (Phi) is 5.79. The summed E-state index contributed by atoms with van der Waals surface area (Å²) in [6.07, 6.45) is 1.80. The van der Waals surface area contributed by atoms with Crippen molar-refractivity contribution in [3.05, 3.63) is 66.1 Å². The Bertz CT molecular complexity index is 1090. The molecule has 2 heterocycles. The number of fused-ring (bicyclic) bond motifs is 1. The van der Waals surface area contributed by atoms with Gasteiger partial charge in [0, 0.05) is 54.9 Å². The van der Waals surface area contributed by atoms with Crippen molar-refractivity contribution in [2.24, 2.45) is 0 Å². The van der Waals surface area contributed by atoms with Crippen molar-refractivity contribution in [1.82, 2.24) is 15.2 Å². The standard InChI is InChI=1S/C23H25FN4O3/c1-15(19-14-25-20-8-3-2-7-18(19)20)21(22(29)30)26-23(31)28-11-9-27(10-12-28)17-6-4-5-16(24)13-17/h2-8,13-15,21,25H,9-12H2,1H3,(H,26,31)(H,29,30)/t15-,21+/m0/s1. The highest BCUT2D eigenvalue weighted by Crippen LogP contribution is 2.28. The van der Waals surface area contributed by atoms with E-state index in [1.165, 1.54) is 12.1 Å². The number of carbonyl (C=O) groups excluding carboxylic acids is 1. The van der Waals surface area contributed by atoms with Gasteiger partial charge >= 0.3 is 12.0 Å². The Balaban J connectivity index is 1.42. The highest BCUT2D eigenvalue weighted by atomic mass is 19.1. The highest BCUT2D eigenvalue weighted by molar-refractivity contribution is 5.87. The molecule has 0 saturated carbocycles. The average molecular weight is 424 g/mol. The maximum atomic E-state index is 13.5. The molecular weight excluding hydrogens is 399 g/mol. The molecule has 1 aliphatic heterocycles. The first-order valence-electron chi connectivity index (χ1n) is 10.3. The molecule has 31 heavy (non-hydrogen) atoms. The van der Waals surface area contributed by atoms with Crippen LogP contribution in [0.3, 0.4) is 0 Å². The van der Waals surface area contributed by atoms with E-state index in [-0.39, 0.29) is 5.82 Å². The molecule has 3 aromatic rings. The number of urea groups is 1. The molecule has 1 fully saturated rings. The third-order valence-electron chi connectivity index (χ3n) is 5.90. The summed E-state index contributed by atoms with van der Waals surface area (Å²) in [5.74, 6) is -1.80. The summed E-state index contributed by atoms with van der Waals surface area (Å²) < 4.78 is 13.5. The first-order chi connectivity index (χ1) is 14.9. The third kappa shape index (κ3) is 4.33. The Morgan fingerprint density at radius 3 is 2.55 bits per heavy atom. The zero-order valence-corrected chi connectivity index (χ0v) is 17.2. The zero-order valence-electron chi connectivity index (χ0n) is 17.2. The number of aromatic amines is 1. The largest absolute Gasteiger partial charge is 0.480 e. The van der Waals surface area contributed by atoms with E-state index in [4.69, 9.17) is 0 Å². The van der Waals surface area contributed by atoms with E-state index in [0.29, 0.717) is 26.2 Å². The van der Waals surface area contributed by atoms with Gasteiger partial charge < -0.3 is 25.2 Å². The normalized spacial score (nSPS) is 16.2. The average Bonchev–Trinajstić information content (AvgIpc) is 3.21. The van der Waals surface area contributed by atoms with E-state index in [1.807, 2.05) is 35.2 Å². The second-order valence-corrected chi connectivity index (χ2v) is 7.80. The number of halogens is 1. The van der Waals surface area contributed by atoms with Crippen molar-refractivity contribution in [2.45, 2.75) is 18.9 Å². The minimum atomic E-state index is -1.08. The van der Waals surface area contributed by atoms with Crippen LogP contribution >= 0.6 is 0 Å². The molecule has 162 valence electrons. The fourth-order valence-corrected chi connectivity index (χ4v) is 4.12. The van der Waals surface area contributed by atoms with Gasteiger partial charge in [-0.3, -0.25) is 0 Å². The van der Waals surface area contributed by atoms with Crippen molar-refractivity contribution in [1.29, 1.82) is 0 Å². The van der Waals surface area contributed by atoms with E-state index >= 15 is 0 Å². The van der Waals surface area contributed by atoms with Crippen molar-refractivity contribution in [3.63, 3.8) is 0 Å². The number of aromatic nitrogens is 1. The Hall–Kier alpha value is -3.55. The van der Waals surface area contributed by atoms with Crippen LogP contribution in [0.2, 0.25) is 0 Å². The van der Waals surface area contributed by atoms with Crippen LogP contribution in [0.1, 0.15) is 18.4 Å². The number of hydrogen-bond acceptors (Lipinski definition) is 3. The lowest BCUT2D eigenvalue weighted by atomic mass is 9.93. The molecule has 0 radical (unpaired) electrons. The Morgan fingerprint density at radius 1 is 1.10 bits per heavy atom. The van der Waals surface area contributed by atoms with Crippen LogP contribution in [0.4, 0.5) is 14.9 Å². The van der Waals surface area contributed by atoms with E-state index in [2.05, 4.69) is 10.3 Å². The van der Waals surface area contributed by atoms with Crippen LogP contribution in [-0.2, 0) is 4.79 Å². The van der Waals surface area contributed by atoms with Crippen LogP contribution in [0, 0.1) is 5.82 Å². The van der Waals surface area contributed by atoms with Gasteiger partial charge in [-0.15, -0.1) is 0 Å². The van der Waals surface area contributed by atoms with Crippen LogP contribution in [0.15, 0.2) is 54.7 Å². The van der Waals surface area contributed by atoms with Gasteiger partial charge in [0.25, 0.3) is 0 Å². The van der Waals surface area contributed by atoms with Crippen molar-refractivity contribution < 1.29 is 19.1 Å². The molecule has 1 saturated heterocycles. The number of carboxylic acids is 1. The predicted molar refractivity (Wildman–Crippen MR) is 117 cm³/mol. The third-order valence-corrected chi connectivity index (χ3v) is 5.90. The second kappa shape index (κ2) is 8.67. The topological polar surface area (TPSA) is 88.7 Å². The predicted octanol–water partition coefficient (Wildman–Crippen LogP) is 3.40. The molecule has 7 nitrogen and oxygen atoms in total. The quantitative estimate of drug-likeness (QED) is 0.586. The molecule has 0 aliphatic carbocycles. The minimum absolute atomic E-state index is 0.298. The summed E-state index contributed by atoms with van der Waals surface area (Å²) in [6.45, 7) is 3.75. The maximum Gasteiger partial charge on any atom is 0.326 e. The number of nitrogens with one attached hydrogen (secondary N) is 2. The number of amides is 2. The summed E-state index contributed by atoms with van der Waals surface area (Å²) in [5.41, 5.74) is 2.55. The van der Waals surface area contributed by atoms with Gasteiger partial charge in [0.2, 0.25) is 0 Å². The smallest absolute Gasteiger partial charge is 0.326 e. The van der Waals surface area contributed by atoms with Crippen LogP contribution in [0.5, 0.6) is 0 Å². The monoisotopic (exact) mass is 424 g/mol. The van der Waals surface area contributed by atoms with Crippen LogP contribution in [0.25, 0.3) is 10.9 Å². The molecule has 1 aliphatic rings. The summed E-state index contributed by atoms with van der Waals surface area (Å²) in [6, 6.07) is 12.6. The maximum absolute atomic E-state index is 13.5. The van der Waals surface area contributed by atoms with Gasteiger partial charge in [-0.2, -0.15) is 0 Å². The number of piperazine rings is 1. The number of benzene rings is 2. The Labute approximate surface area is 179 Å². The molecular formula is C23H25FN4O3. The van der Waals surface area contributed by atoms with Crippen molar-refractivity contribution in [2.75, 3.05) is 31.1 Å². The van der Waals surface area contributed by atoms with Crippen molar-refractivity contribution >= 4 is 28.6 Å². The number of nitrogens with zero attached hydrogens (tertiary/aromatic N) is 2. The molecule has 4 rings (SSSR count). The van der Waals surface area contributed by atoms with Crippen LogP contribution < -0.4 is 10.2 Å². The number of carbonyl (C=O) groups is 2. The molecule has 1 aromatic heterocycles. The van der Waals surface area contributed by atoms with Gasteiger partial charge in [0.15, 0.2) is 0 Å². The van der Waals surface area contributed by atoms with Gasteiger partial charge in [-0.05, 0) is 29.8 Å². The molecule has 0 unspecified atom stereocenters. The van der Waals surface area contributed by atoms with Crippen LogP contribution in [-0.4, -0.2) is 59.2 Å². The molecule has 2 aromatic carbocycles. The van der Waals surface area contributed by atoms with Gasteiger partial charge in [-0.25, -0.2) is 14.0 Å². The first kappa shape index (κ1) is 20.7. The first-order valence-corrected chi connectivity index (χ1v) is 10.3. The lowest BCUT2D eigenvalue weighted by Gasteiger charge is -2.36. The zero-order chi connectivity index (χ0) is 22.0. The van der Waals surface area contributed by atoms with Gasteiger partial charge in [-0.1, -0.05) is 31.2 Å². The van der Waals surface area contributed by atoms with E-state index < -0.39 is 24.0 Å². The minimum Gasteiger partial charge on any atom is -0.480 e.